The number of ether oxygens (including phenoxy) is 2. The van der Waals surface area contributed by atoms with Crippen LogP contribution in [0.25, 0.3) is 0 Å². The maximum atomic E-state index is 14.0. The zero-order valence-corrected chi connectivity index (χ0v) is 24.7. The van der Waals surface area contributed by atoms with Crippen molar-refractivity contribution in [1.29, 1.82) is 0 Å². The van der Waals surface area contributed by atoms with Gasteiger partial charge in [-0.05, 0) is 30.7 Å². The van der Waals surface area contributed by atoms with Crippen molar-refractivity contribution in [3.05, 3.63) is 24.3 Å². The fourth-order valence-electron chi connectivity index (χ4n) is 4.06. The Morgan fingerprint density at radius 2 is 0.723 bits per heavy atom. The molecule has 0 N–H and O–H groups in total. The Bertz CT molecular complexity index is 1070. The van der Waals surface area contributed by atoms with Gasteiger partial charge in [-0.15, -0.1) is 0 Å². The highest BCUT2D eigenvalue weighted by atomic mass is 19.4. The Morgan fingerprint density at radius 1 is 0.404 bits per heavy atom. The zero-order valence-electron chi connectivity index (χ0n) is 24.7. The van der Waals surface area contributed by atoms with Gasteiger partial charge < -0.3 is 9.47 Å². The van der Waals surface area contributed by atoms with Crippen LogP contribution in [0.4, 0.5) is 74.6 Å². The quantitative estimate of drug-likeness (QED) is 0.0876. The van der Waals surface area contributed by atoms with E-state index in [2.05, 4.69) is 11.7 Å². The van der Waals surface area contributed by atoms with Crippen LogP contribution in [0.15, 0.2) is 24.3 Å². The first-order valence-corrected chi connectivity index (χ1v) is 14.3. The number of halogens is 17. The topological polar surface area (TPSA) is 18.5 Å². The molecule has 0 fully saturated rings. The second-order valence-corrected chi connectivity index (χ2v) is 10.7. The maximum absolute atomic E-state index is 14.0. The van der Waals surface area contributed by atoms with E-state index >= 15 is 0 Å². The molecule has 19 heteroatoms. The Kier molecular flexibility index (Phi) is 14.4. The van der Waals surface area contributed by atoms with E-state index in [1.807, 2.05) is 0 Å². The molecule has 0 saturated heterocycles. The van der Waals surface area contributed by atoms with Crippen LogP contribution >= 0.6 is 0 Å². The summed E-state index contributed by atoms with van der Waals surface area (Å²) in [5, 5.41) is 0. The van der Waals surface area contributed by atoms with Crippen LogP contribution in [0.3, 0.4) is 0 Å². The highest BCUT2D eigenvalue weighted by molar-refractivity contribution is 5.31. The molecule has 276 valence electrons. The van der Waals surface area contributed by atoms with Gasteiger partial charge in [0.25, 0.3) is 0 Å². The number of hydrogen-bond donors (Lipinski definition) is 0. The van der Waals surface area contributed by atoms with Crippen LogP contribution in [0, 0.1) is 0 Å². The average molecular weight is 725 g/mol. The molecule has 0 atom stereocenters. The zero-order chi connectivity index (χ0) is 36.6. The first kappa shape index (κ1) is 42.7. The van der Waals surface area contributed by atoms with Crippen molar-refractivity contribution in [3.63, 3.8) is 0 Å². The summed E-state index contributed by atoms with van der Waals surface area (Å²) in [6, 6.07) is 4.48. The van der Waals surface area contributed by atoms with Crippen LogP contribution in [-0.4, -0.2) is 60.8 Å². The van der Waals surface area contributed by atoms with Crippen LogP contribution < -0.4 is 9.47 Å². The average Bonchev–Trinajstić information content (AvgIpc) is 2.95. The van der Waals surface area contributed by atoms with Gasteiger partial charge in [0.1, 0.15) is 11.5 Å². The summed E-state index contributed by atoms with van der Waals surface area (Å²) in [5.74, 6) is -56.6. The lowest BCUT2D eigenvalue weighted by Crippen LogP contribution is -2.74. The third-order valence-electron chi connectivity index (χ3n) is 7.06. The molecule has 0 unspecified atom stereocenters. The van der Waals surface area contributed by atoms with Gasteiger partial charge in [0.2, 0.25) is 0 Å². The molecule has 0 saturated carbocycles. The van der Waals surface area contributed by atoms with E-state index in [4.69, 9.17) is 4.74 Å². The van der Waals surface area contributed by atoms with E-state index in [1.54, 1.807) is 0 Å². The predicted molar refractivity (Wildman–Crippen MR) is 135 cm³/mol. The molecule has 1 aromatic rings. The van der Waals surface area contributed by atoms with E-state index in [1.165, 1.54) is 31.4 Å². The second-order valence-electron chi connectivity index (χ2n) is 10.7. The number of unbranched alkanes of at least 4 members (excludes halogenated alkanes) is 9. The van der Waals surface area contributed by atoms with Crippen molar-refractivity contribution < 1.29 is 84.1 Å². The summed E-state index contributed by atoms with van der Waals surface area (Å²) in [5.41, 5.74) is 0. The maximum Gasteiger partial charge on any atom is 0.460 e. The van der Waals surface area contributed by atoms with E-state index < -0.39 is 66.4 Å². The van der Waals surface area contributed by atoms with E-state index in [0.29, 0.717) is 6.42 Å². The number of benzene rings is 1. The minimum Gasteiger partial charge on any atom is -0.494 e. The lowest BCUT2D eigenvalue weighted by molar-refractivity contribution is -0.461. The molecule has 0 heterocycles. The molecule has 0 aromatic heterocycles. The second kappa shape index (κ2) is 15.9. The molecule has 1 rings (SSSR count). The number of rotatable bonds is 22. The van der Waals surface area contributed by atoms with E-state index in [-0.39, 0.29) is 12.4 Å². The monoisotopic (exact) mass is 724 g/mol. The third kappa shape index (κ3) is 9.21. The summed E-state index contributed by atoms with van der Waals surface area (Å²) >= 11 is 0. The molecular formula is C28H33F17O2. The van der Waals surface area contributed by atoms with Crippen molar-refractivity contribution in [1.82, 2.24) is 0 Å². The van der Waals surface area contributed by atoms with Crippen LogP contribution in [0.5, 0.6) is 11.5 Å². The largest absolute Gasteiger partial charge is 0.494 e. The summed E-state index contributed by atoms with van der Waals surface area (Å²) in [6.45, 7) is 0.707. The van der Waals surface area contributed by atoms with Gasteiger partial charge >= 0.3 is 47.6 Å². The molecule has 0 aliphatic rings. The SMILES string of the molecule is CCCCCCCCCCCCOc1ccc(OCCC(F)(F)C(F)(F)C(F)(F)C(F)(F)C(F)(F)C(F)(F)C(F)(F)C(F)(F)F)cc1. The summed E-state index contributed by atoms with van der Waals surface area (Å²) < 4.78 is 237. The van der Waals surface area contributed by atoms with Crippen molar-refractivity contribution in [2.45, 2.75) is 125 Å². The molecule has 0 bridgehead atoms. The Hall–Kier alpha value is -2.37. The van der Waals surface area contributed by atoms with Gasteiger partial charge in [0, 0.05) is 0 Å². The fourth-order valence-corrected chi connectivity index (χ4v) is 4.06. The first-order valence-electron chi connectivity index (χ1n) is 14.3. The molecule has 0 radical (unpaired) electrons. The highest BCUT2D eigenvalue weighted by Gasteiger charge is 2.95. The first-order chi connectivity index (χ1) is 21.3. The minimum absolute atomic E-state index is 0.237. The summed E-state index contributed by atoms with van der Waals surface area (Å²) in [6.07, 6.45) is 0.206. The van der Waals surface area contributed by atoms with Crippen molar-refractivity contribution in [2.24, 2.45) is 0 Å². The van der Waals surface area contributed by atoms with Gasteiger partial charge in [0.15, 0.2) is 0 Å². The van der Waals surface area contributed by atoms with Crippen molar-refractivity contribution in [2.75, 3.05) is 13.2 Å². The van der Waals surface area contributed by atoms with Gasteiger partial charge in [-0.1, -0.05) is 64.7 Å². The van der Waals surface area contributed by atoms with Crippen LogP contribution in [0.1, 0.15) is 77.6 Å². The molecule has 0 aliphatic heterocycles. The van der Waals surface area contributed by atoms with Crippen molar-refractivity contribution in [3.8, 4) is 11.5 Å². The van der Waals surface area contributed by atoms with Crippen LogP contribution in [-0.2, 0) is 0 Å². The molecule has 0 spiro atoms. The summed E-state index contributed by atoms with van der Waals surface area (Å²) in [7, 11) is 0. The van der Waals surface area contributed by atoms with E-state index in [9.17, 15) is 74.6 Å². The predicted octanol–water partition coefficient (Wildman–Crippen LogP) is 11.8. The molecule has 1 aromatic carbocycles. The normalized spacial score (nSPS) is 14.4. The van der Waals surface area contributed by atoms with Gasteiger partial charge in [-0.25, -0.2) is 0 Å². The Labute approximate surface area is 259 Å². The number of hydrogen-bond acceptors (Lipinski definition) is 2. The van der Waals surface area contributed by atoms with Crippen molar-refractivity contribution >= 4 is 0 Å². The smallest absolute Gasteiger partial charge is 0.460 e. The van der Waals surface area contributed by atoms with Gasteiger partial charge in [-0.3, -0.25) is 0 Å². The molecule has 0 amide bonds. The summed E-state index contributed by atoms with van der Waals surface area (Å²) in [4.78, 5) is 0. The highest BCUT2D eigenvalue weighted by Crippen LogP contribution is 2.64. The van der Waals surface area contributed by atoms with Crippen LogP contribution in [0.2, 0.25) is 0 Å². The molecular weight excluding hydrogens is 691 g/mol. The lowest BCUT2D eigenvalue weighted by atomic mass is 9.88. The molecule has 47 heavy (non-hydrogen) atoms. The molecule has 2 nitrogen and oxygen atoms in total. The number of alkyl halides is 17. The Balaban J connectivity index is 2.77. The third-order valence-corrected chi connectivity index (χ3v) is 7.06. The molecule has 0 aliphatic carbocycles. The minimum atomic E-state index is -8.64. The Morgan fingerprint density at radius 3 is 1.11 bits per heavy atom. The standard InChI is InChI=1S/C28H33F17O2/c1-2-3-4-5-6-7-8-9-10-11-17-46-19-12-14-20(15-13-19)47-18-16-21(29,30)22(31,32)23(33,34)24(35,36)25(37,38)26(39,40)27(41,42)28(43,44)45/h12-15H,2-11,16-18H2,1H3. The fraction of sp³-hybridized carbons (Fsp3) is 0.786. The van der Waals surface area contributed by atoms with Gasteiger partial charge in [0.05, 0.1) is 19.6 Å². The van der Waals surface area contributed by atoms with Gasteiger partial charge in [-0.2, -0.15) is 74.6 Å². The lowest BCUT2D eigenvalue weighted by Gasteiger charge is -2.42. The van der Waals surface area contributed by atoms with E-state index in [0.717, 1.165) is 50.7 Å².